The summed E-state index contributed by atoms with van der Waals surface area (Å²) < 4.78 is 5.54. The summed E-state index contributed by atoms with van der Waals surface area (Å²) in [7, 11) is 0. The molecule has 1 aliphatic heterocycles. The van der Waals surface area contributed by atoms with Gasteiger partial charge in [0.2, 0.25) is 0 Å². The SMILES string of the molecule is Oc1ccc2c(c1)OCC2Nc1c(Cl)cccc1Cl. The van der Waals surface area contributed by atoms with Crippen molar-refractivity contribution in [2.24, 2.45) is 0 Å². The van der Waals surface area contributed by atoms with Crippen molar-refractivity contribution in [2.45, 2.75) is 6.04 Å². The van der Waals surface area contributed by atoms with E-state index in [2.05, 4.69) is 5.32 Å². The van der Waals surface area contributed by atoms with E-state index >= 15 is 0 Å². The standard InChI is InChI=1S/C14H11Cl2NO2/c15-10-2-1-3-11(16)14(10)17-12-7-19-13-6-8(18)4-5-9(12)13/h1-6,12,17-18H,7H2. The Morgan fingerprint density at radius 2 is 1.89 bits per heavy atom. The number of aromatic hydroxyl groups is 1. The van der Waals surface area contributed by atoms with Gasteiger partial charge in [0.05, 0.1) is 21.8 Å². The number of ether oxygens (including phenoxy) is 1. The minimum Gasteiger partial charge on any atom is -0.508 e. The van der Waals surface area contributed by atoms with Crippen LogP contribution in [0.4, 0.5) is 5.69 Å². The zero-order valence-electron chi connectivity index (χ0n) is 9.86. The molecule has 0 radical (unpaired) electrons. The van der Waals surface area contributed by atoms with Gasteiger partial charge in [-0.05, 0) is 24.3 Å². The van der Waals surface area contributed by atoms with Gasteiger partial charge in [0.1, 0.15) is 18.1 Å². The average molecular weight is 296 g/mol. The minimum atomic E-state index is -0.0343. The summed E-state index contributed by atoms with van der Waals surface area (Å²) in [6.07, 6.45) is 0. The maximum absolute atomic E-state index is 9.42. The molecular formula is C14H11Cl2NO2. The Labute approximate surface area is 120 Å². The van der Waals surface area contributed by atoms with E-state index in [0.29, 0.717) is 28.1 Å². The molecule has 0 aliphatic carbocycles. The van der Waals surface area contributed by atoms with E-state index < -0.39 is 0 Å². The zero-order valence-corrected chi connectivity index (χ0v) is 11.4. The predicted molar refractivity (Wildman–Crippen MR) is 76.4 cm³/mol. The molecule has 1 atom stereocenters. The Balaban J connectivity index is 1.91. The van der Waals surface area contributed by atoms with E-state index in [1.807, 2.05) is 6.07 Å². The molecule has 0 amide bonds. The van der Waals surface area contributed by atoms with Crippen molar-refractivity contribution in [2.75, 3.05) is 11.9 Å². The second-order valence-electron chi connectivity index (χ2n) is 4.33. The fourth-order valence-corrected chi connectivity index (χ4v) is 2.63. The lowest BCUT2D eigenvalue weighted by atomic mass is 10.1. The largest absolute Gasteiger partial charge is 0.508 e. The van der Waals surface area contributed by atoms with E-state index in [9.17, 15) is 5.11 Å². The molecule has 3 rings (SSSR count). The Bertz CT molecular complexity index is 611. The molecule has 1 heterocycles. The smallest absolute Gasteiger partial charge is 0.128 e. The van der Waals surface area contributed by atoms with Gasteiger partial charge in [-0.15, -0.1) is 0 Å². The van der Waals surface area contributed by atoms with Crippen LogP contribution >= 0.6 is 23.2 Å². The lowest BCUT2D eigenvalue weighted by Crippen LogP contribution is -2.12. The lowest BCUT2D eigenvalue weighted by molar-refractivity contribution is 0.338. The molecule has 0 saturated carbocycles. The lowest BCUT2D eigenvalue weighted by Gasteiger charge is -2.15. The van der Waals surface area contributed by atoms with Crippen molar-refractivity contribution in [3.05, 3.63) is 52.0 Å². The van der Waals surface area contributed by atoms with Crippen molar-refractivity contribution < 1.29 is 9.84 Å². The molecule has 2 aromatic carbocycles. The molecule has 19 heavy (non-hydrogen) atoms. The van der Waals surface area contributed by atoms with E-state index in [1.54, 1.807) is 30.3 Å². The Morgan fingerprint density at radius 3 is 2.63 bits per heavy atom. The summed E-state index contributed by atoms with van der Waals surface area (Å²) in [4.78, 5) is 0. The Kier molecular flexibility index (Phi) is 3.17. The number of benzene rings is 2. The summed E-state index contributed by atoms with van der Waals surface area (Å²) in [6, 6.07) is 10.4. The predicted octanol–water partition coefficient (Wildman–Crippen LogP) is 4.24. The van der Waals surface area contributed by atoms with Gasteiger partial charge in [0.25, 0.3) is 0 Å². The number of fused-ring (bicyclic) bond motifs is 1. The van der Waals surface area contributed by atoms with Crippen LogP contribution < -0.4 is 10.1 Å². The maximum atomic E-state index is 9.42. The number of rotatable bonds is 2. The summed E-state index contributed by atoms with van der Waals surface area (Å²) >= 11 is 12.3. The molecule has 98 valence electrons. The molecule has 1 unspecified atom stereocenters. The molecule has 0 bridgehead atoms. The van der Waals surface area contributed by atoms with Crippen LogP contribution in [0.15, 0.2) is 36.4 Å². The van der Waals surface area contributed by atoms with Crippen molar-refractivity contribution >= 4 is 28.9 Å². The highest BCUT2D eigenvalue weighted by Crippen LogP contribution is 2.39. The normalized spacial score (nSPS) is 16.8. The van der Waals surface area contributed by atoms with Gasteiger partial charge in [-0.3, -0.25) is 0 Å². The van der Waals surface area contributed by atoms with Gasteiger partial charge in [-0.2, -0.15) is 0 Å². The van der Waals surface area contributed by atoms with Crippen LogP contribution in [0.25, 0.3) is 0 Å². The van der Waals surface area contributed by atoms with Gasteiger partial charge in [0.15, 0.2) is 0 Å². The van der Waals surface area contributed by atoms with Gasteiger partial charge < -0.3 is 15.2 Å². The molecule has 0 spiro atoms. The Hall–Kier alpha value is -1.58. The fourth-order valence-electron chi connectivity index (χ4n) is 2.13. The van der Waals surface area contributed by atoms with Crippen LogP contribution in [0.1, 0.15) is 11.6 Å². The fraction of sp³-hybridized carbons (Fsp3) is 0.143. The van der Waals surface area contributed by atoms with Crippen LogP contribution in [0.3, 0.4) is 0 Å². The molecule has 0 aromatic heterocycles. The topological polar surface area (TPSA) is 41.5 Å². The van der Waals surface area contributed by atoms with Crippen LogP contribution in [-0.2, 0) is 0 Å². The second kappa shape index (κ2) is 4.83. The molecule has 2 N–H and O–H groups in total. The molecule has 0 saturated heterocycles. The number of phenolic OH excluding ortho intramolecular Hbond substituents is 1. The Morgan fingerprint density at radius 1 is 1.16 bits per heavy atom. The first-order valence-corrected chi connectivity index (χ1v) is 6.57. The van der Waals surface area contributed by atoms with Crippen LogP contribution in [0.5, 0.6) is 11.5 Å². The zero-order chi connectivity index (χ0) is 13.4. The van der Waals surface area contributed by atoms with Gasteiger partial charge in [-0.25, -0.2) is 0 Å². The number of halogens is 2. The van der Waals surface area contributed by atoms with Gasteiger partial charge in [-0.1, -0.05) is 29.3 Å². The van der Waals surface area contributed by atoms with Crippen molar-refractivity contribution in [3.8, 4) is 11.5 Å². The van der Waals surface area contributed by atoms with Crippen molar-refractivity contribution in [1.29, 1.82) is 0 Å². The van der Waals surface area contributed by atoms with E-state index in [4.69, 9.17) is 27.9 Å². The first kappa shape index (κ1) is 12.5. The third-order valence-electron chi connectivity index (χ3n) is 3.06. The third kappa shape index (κ3) is 2.31. The second-order valence-corrected chi connectivity index (χ2v) is 5.14. The van der Waals surface area contributed by atoms with Crippen LogP contribution in [0.2, 0.25) is 10.0 Å². The highest BCUT2D eigenvalue weighted by molar-refractivity contribution is 6.39. The van der Waals surface area contributed by atoms with Crippen molar-refractivity contribution in [3.63, 3.8) is 0 Å². The first-order chi connectivity index (χ1) is 9.15. The summed E-state index contributed by atoms with van der Waals surface area (Å²) in [6.45, 7) is 0.473. The molecular weight excluding hydrogens is 285 g/mol. The monoisotopic (exact) mass is 295 g/mol. The number of phenols is 1. The molecule has 1 aliphatic rings. The third-order valence-corrected chi connectivity index (χ3v) is 3.69. The molecule has 3 nitrogen and oxygen atoms in total. The van der Waals surface area contributed by atoms with Gasteiger partial charge >= 0.3 is 0 Å². The number of hydrogen-bond donors (Lipinski definition) is 2. The van der Waals surface area contributed by atoms with Crippen LogP contribution in [-0.4, -0.2) is 11.7 Å². The van der Waals surface area contributed by atoms with E-state index in [1.165, 1.54) is 0 Å². The molecule has 0 fully saturated rings. The molecule has 2 aromatic rings. The quantitative estimate of drug-likeness (QED) is 0.870. The maximum Gasteiger partial charge on any atom is 0.128 e. The highest BCUT2D eigenvalue weighted by atomic mass is 35.5. The minimum absolute atomic E-state index is 0.0343. The van der Waals surface area contributed by atoms with Gasteiger partial charge in [0, 0.05) is 11.6 Å². The first-order valence-electron chi connectivity index (χ1n) is 5.81. The number of nitrogens with one attached hydrogen (secondary N) is 1. The summed E-state index contributed by atoms with van der Waals surface area (Å²) in [5, 5.41) is 13.8. The summed E-state index contributed by atoms with van der Waals surface area (Å²) in [5.41, 5.74) is 1.68. The highest BCUT2D eigenvalue weighted by Gasteiger charge is 2.25. The van der Waals surface area contributed by atoms with Crippen LogP contribution in [0, 0.1) is 0 Å². The number of anilines is 1. The van der Waals surface area contributed by atoms with E-state index in [-0.39, 0.29) is 11.8 Å². The average Bonchev–Trinajstić information content (AvgIpc) is 2.76. The van der Waals surface area contributed by atoms with Crippen molar-refractivity contribution in [1.82, 2.24) is 0 Å². The number of para-hydroxylation sites is 1. The number of hydrogen-bond acceptors (Lipinski definition) is 3. The van der Waals surface area contributed by atoms with E-state index in [0.717, 1.165) is 5.56 Å². The molecule has 5 heteroatoms. The summed E-state index contributed by atoms with van der Waals surface area (Å²) in [5.74, 6) is 0.871.